The number of hydrogen-bond acceptors (Lipinski definition) is 4. The molecule has 0 aliphatic rings. The fourth-order valence-electron chi connectivity index (χ4n) is 3.32. The topological polar surface area (TPSA) is 64.4 Å². The molecule has 0 fully saturated rings. The first-order valence-electron chi connectivity index (χ1n) is 9.99. The highest BCUT2D eigenvalue weighted by Crippen LogP contribution is 2.33. The van der Waals surface area contributed by atoms with E-state index in [4.69, 9.17) is 32.4 Å². The highest BCUT2D eigenvalue weighted by atomic mass is 35.5. The number of benzene rings is 3. The van der Waals surface area contributed by atoms with Crippen LogP contribution in [0.25, 0.3) is 28.6 Å². The van der Waals surface area contributed by atoms with E-state index < -0.39 is 0 Å². The summed E-state index contributed by atoms with van der Waals surface area (Å²) in [5.74, 6) is 0.632. The third-order valence-corrected chi connectivity index (χ3v) is 5.39. The fraction of sp³-hybridized carbons (Fsp3) is 0.120. The third-order valence-electron chi connectivity index (χ3n) is 4.89. The molecule has 162 valence electrons. The monoisotopic (exact) mass is 466 g/mol. The summed E-state index contributed by atoms with van der Waals surface area (Å²) in [6.07, 6.45) is 3.92. The average molecular weight is 467 g/mol. The number of halogens is 2. The van der Waals surface area contributed by atoms with Gasteiger partial charge in [-0.15, -0.1) is 0 Å². The van der Waals surface area contributed by atoms with Gasteiger partial charge in [0.25, 0.3) is 0 Å². The molecule has 1 heterocycles. The van der Waals surface area contributed by atoms with Gasteiger partial charge < -0.3 is 14.5 Å². The normalized spacial score (nSPS) is 11.2. The van der Waals surface area contributed by atoms with Gasteiger partial charge >= 0.3 is 0 Å². The number of aromatic nitrogens is 1. The molecule has 3 aromatic carbocycles. The minimum atomic E-state index is -0.314. The molecule has 0 bridgehead atoms. The summed E-state index contributed by atoms with van der Waals surface area (Å²) in [4.78, 5) is 17.1. The second-order valence-electron chi connectivity index (χ2n) is 7.09. The van der Waals surface area contributed by atoms with Gasteiger partial charge in [0, 0.05) is 27.9 Å². The van der Waals surface area contributed by atoms with Crippen LogP contribution in [0.15, 0.2) is 65.1 Å². The van der Waals surface area contributed by atoms with Gasteiger partial charge in [-0.1, -0.05) is 42.3 Å². The first kappa shape index (κ1) is 21.9. The van der Waals surface area contributed by atoms with Crippen LogP contribution in [0.5, 0.6) is 5.75 Å². The lowest BCUT2D eigenvalue weighted by Gasteiger charge is -2.08. The molecule has 4 rings (SSSR count). The van der Waals surface area contributed by atoms with Crippen LogP contribution < -0.4 is 10.1 Å². The van der Waals surface area contributed by atoms with Crippen molar-refractivity contribution in [1.82, 2.24) is 4.98 Å². The Morgan fingerprint density at radius 3 is 2.78 bits per heavy atom. The molecule has 32 heavy (non-hydrogen) atoms. The van der Waals surface area contributed by atoms with Crippen molar-refractivity contribution in [2.24, 2.45) is 0 Å². The van der Waals surface area contributed by atoms with Crippen molar-refractivity contribution in [2.45, 2.75) is 13.3 Å². The summed E-state index contributed by atoms with van der Waals surface area (Å²) in [6, 6.07) is 16.6. The van der Waals surface area contributed by atoms with Gasteiger partial charge in [0.1, 0.15) is 11.3 Å². The molecule has 0 radical (unpaired) electrons. The third kappa shape index (κ3) is 4.79. The van der Waals surface area contributed by atoms with Crippen LogP contribution in [-0.4, -0.2) is 18.0 Å². The highest BCUT2D eigenvalue weighted by Gasteiger charge is 2.11. The molecular weight excluding hydrogens is 447 g/mol. The van der Waals surface area contributed by atoms with E-state index in [1.165, 1.54) is 18.7 Å². The Kier molecular flexibility index (Phi) is 6.49. The van der Waals surface area contributed by atoms with Crippen molar-refractivity contribution in [2.75, 3.05) is 12.4 Å². The van der Waals surface area contributed by atoms with E-state index in [0.717, 1.165) is 23.1 Å². The van der Waals surface area contributed by atoms with Crippen LogP contribution in [-0.2, 0) is 11.2 Å². The van der Waals surface area contributed by atoms with Gasteiger partial charge in [-0.05, 0) is 60.5 Å². The number of carbonyl (C=O) groups excluding carboxylic acids is 1. The summed E-state index contributed by atoms with van der Waals surface area (Å²) >= 11 is 12.2. The average Bonchev–Trinajstić information content (AvgIpc) is 3.21. The number of rotatable bonds is 6. The number of methoxy groups -OCH3 is 1. The van der Waals surface area contributed by atoms with Crippen LogP contribution in [0.1, 0.15) is 18.1 Å². The van der Waals surface area contributed by atoms with E-state index in [-0.39, 0.29) is 5.91 Å². The van der Waals surface area contributed by atoms with Crippen molar-refractivity contribution < 1.29 is 13.9 Å². The second kappa shape index (κ2) is 9.47. The van der Waals surface area contributed by atoms with Gasteiger partial charge in [0.05, 0.1) is 12.1 Å². The van der Waals surface area contributed by atoms with Crippen molar-refractivity contribution in [3.05, 3.63) is 81.8 Å². The Morgan fingerprint density at radius 2 is 2.00 bits per heavy atom. The number of anilines is 1. The van der Waals surface area contributed by atoms with Gasteiger partial charge in [-0.2, -0.15) is 0 Å². The van der Waals surface area contributed by atoms with E-state index in [2.05, 4.69) is 17.2 Å². The van der Waals surface area contributed by atoms with E-state index >= 15 is 0 Å². The van der Waals surface area contributed by atoms with E-state index in [1.807, 2.05) is 36.4 Å². The standard InChI is InChI=1S/C25H20Cl2N2O3/c1-3-15-7-9-22-21(11-15)29-25(32-22)17-5-4-6-19(13-17)28-23(30)10-8-16-12-18(26)14-20(27)24(16)31-2/h4-14H,3H2,1-2H3,(H,28,30)/b10-8+. The number of carbonyl (C=O) groups is 1. The second-order valence-corrected chi connectivity index (χ2v) is 7.93. The number of aryl methyl sites for hydroxylation is 1. The molecule has 1 aromatic heterocycles. The maximum atomic E-state index is 12.5. The number of ether oxygens (including phenoxy) is 1. The molecule has 0 saturated carbocycles. The number of hydrogen-bond donors (Lipinski definition) is 1. The van der Waals surface area contributed by atoms with Crippen molar-refractivity contribution in [3.8, 4) is 17.2 Å². The first-order chi connectivity index (χ1) is 15.5. The molecule has 7 heteroatoms. The van der Waals surface area contributed by atoms with Crippen molar-refractivity contribution in [1.29, 1.82) is 0 Å². The zero-order valence-corrected chi connectivity index (χ0v) is 19.0. The first-order valence-corrected chi connectivity index (χ1v) is 10.7. The van der Waals surface area contributed by atoms with Crippen LogP contribution in [0.4, 0.5) is 5.69 Å². The number of nitrogens with one attached hydrogen (secondary N) is 1. The molecule has 4 aromatic rings. The minimum absolute atomic E-state index is 0.314. The number of fused-ring (bicyclic) bond motifs is 1. The summed E-state index contributed by atoms with van der Waals surface area (Å²) < 4.78 is 11.2. The summed E-state index contributed by atoms with van der Waals surface area (Å²) in [7, 11) is 1.51. The van der Waals surface area contributed by atoms with Crippen LogP contribution >= 0.6 is 23.2 Å². The Hall–Kier alpha value is -3.28. The largest absolute Gasteiger partial charge is 0.495 e. The predicted octanol–water partition coefficient (Wildman–Crippen LogP) is 7.02. The lowest BCUT2D eigenvalue weighted by molar-refractivity contribution is -0.111. The van der Waals surface area contributed by atoms with Crippen LogP contribution in [0, 0.1) is 0 Å². The Morgan fingerprint density at radius 1 is 1.16 bits per heavy atom. The van der Waals surface area contributed by atoms with E-state index in [9.17, 15) is 4.79 Å². The molecular formula is C25H20Cl2N2O3. The zero-order chi connectivity index (χ0) is 22.7. The minimum Gasteiger partial charge on any atom is -0.495 e. The summed E-state index contributed by atoms with van der Waals surface area (Å²) in [6.45, 7) is 2.10. The highest BCUT2D eigenvalue weighted by molar-refractivity contribution is 6.36. The van der Waals surface area contributed by atoms with E-state index in [0.29, 0.717) is 32.9 Å². The molecule has 0 saturated heterocycles. The molecule has 0 unspecified atom stereocenters. The van der Waals surface area contributed by atoms with Gasteiger partial charge in [-0.25, -0.2) is 4.98 Å². The number of amides is 1. The lowest BCUT2D eigenvalue weighted by atomic mass is 10.1. The molecule has 5 nitrogen and oxygen atoms in total. The Labute approximate surface area is 195 Å². The molecule has 1 amide bonds. The van der Waals surface area contributed by atoms with Crippen LogP contribution in [0.3, 0.4) is 0 Å². The molecule has 0 aliphatic carbocycles. The van der Waals surface area contributed by atoms with Gasteiger partial charge in [0.2, 0.25) is 11.8 Å². The molecule has 0 aliphatic heterocycles. The molecule has 0 spiro atoms. The smallest absolute Gasteiger partial charge is 0.248 e. The Bertz CT molecular complexity index is 1330. The quantitative estimate of drug-likeness (QED) is 0.310. The SMILES string of the molecule is CCc1ccc2oc(-c3cccc(NC(=O)/C=C/c4cc(Cl)cc(Cl)c4OC)c3)nc2c1. The van der Waals surface area contributed by atoms with Gasteiger partial charge in [0.15, 0.2) is 5.58 Å². The predicted molar refractivity (Wildman–Crippen MR) is 130 cm³/mol. The zero-order valence-electron chi connectivity index (χ0n) is 17.5. The van der Waals surface area contributed by atoms with Crippen molar-refractivity contribution >= 4 is 52.0 Å². The maximum Gasteiger partial charge on any atom is 0.248 e. The lowest BCUT2D eigenvalue weighted by Crippen LogP contribution is -2.07. The van der Waals surface area contributed by atoms with Crippen LogP contribution in [0.2, 0.25) is 10.0 Å². The van der Waals surface area contributed by atoms with E-state index in [1.54, 1.807) is 24.3 Å². The maximum absolute atomic E-state index is 12.5. The van der Waals surface area contributed by atoms with Gasteiger partial charge in [-0.3, -0.25) is 4.79 Å². The number of nitrogens with zero attached hydrogens (tertiary/aromatic N) is 1. The molecule has 1 N–H and O–H groups in total. The molecule has 0 atom stereocenters. The summed E-state index contributed by atoms with van der Waals surface area (Å²) in [5, 5.41) is 3.66. The summed E-state index contributed by atoms with van der Waals surface area (Å²) in [5.41, 5.74) is 4.72. The van der Waals surface area contributed by atoms with Crippen molar-refractivity contribution in [3.63, 3.8) is 0 Å². The number of oxazole rings is 1. The fourth-order valence-corrected chi connectivity index (χ4v) is 3.90. The Balaban J connectivity index is 1.53.